The molecule has 1 aliphatic rings. The maximum atomic E-state index is 5.56. The number of nitrogens with zero attached hydrogens (tertiary/aromatic N) is 3. The maximum absolute atomic E-state index is 5.56. The molecule has 19 heavy (non-hydrogen) atoms. The van der Waals surface area contributed by atoms with Crippen molar-refractivity contribution in [2.45, 2.75) is 31.8 Å². The van der Waals surface area contributed by atoms with Crippen LogP contribution in [0.3, 0.4) is 0 Å². The Morgan fingerprint density at radius 1 is 1.42 bits per heavy atom. The third-order valence-electron chi connectivity index (χ3n) is 3.03. The third-order valence-corrected chi connectivity index (χ3v) is 3.94. The van der Waals surface area contributed by atoms with Gasteiger partial charge in [-0.25, -0.2) is 4.98 Å². The van der Waals surface area contributed by atoms with E-state index >= 15 is 0 Å². The Hall–Kier alpha value is -1.31. The van der Waals surface area contributed by atoms with Crippen molar-refractivity contribution in [3.63, 3.8) is 0 Å². The normalized spacial score (nSPS) is 19.1. The number of rotatable bonds is 5. The van der Waals surface area contributed by atoms with Crippen LogP contribution in [0.4, 0.5) is 0 Å². The summed E-state index contributed by atoms with van der Waals surface area (Å²) in [6.45, 7) is 1.44. The van der Waals surface area contributed by atoms with Crippen LogP contribution in [0, 0.1) is 0 Å². The van der Waals surface area contributed by atoms with Gasteiger partial charge in [-0.15, -0.1) is 11.3 Å². The predicted octanol–water partition coefficient (Wildman–Crippen LogP) is 1.42. The molecule has 2 aromatic rings. The van der Waals surface area contributed by atoms with Gasteiger partial charge in [-0.2, -0.15) is 4.98 Å². The van der Waals surface area contributed by atoms with Crippen LogP contribution in [0.15, 0.2) is 9.90 Å². The van der Waals surface area contributed by atoms with E-state index in [0.717, 1.165) is 36.6 Å². The van der Waals surface area contributed by atoms with Crippen LogP contribution in [0.25, 0.3) is 11.6 Å². The second-order valence-electron chi connectivity index (χ2n) is 4.52. The molecule has 0 amide bonds. The van der Waals surface area contributed by atoms with Gasteiger partial charge in [0.1, 0.15) is 5.69 Å². The van der Waals surface area contributed by atoms with Gasteiger partial charge in [0, 0.05) is 24.8 Å². The summed E-state index contributed by atoms with van der Waals surface area (Å²) in [5, 5.41) is 6.91. The van der Waals surface area contributed by atoms with E-state index < -0.39 is 0 Å². The first-order chi connectivity index (χ1) is 9.35. The molecule has 1 saturated heterocycles. The minimum atomic E-state index is 0.230. The molecule has 7 heteroatoms. The summed E-state index contributed by atoms with van der Waals surface area (Å²) < 4.78 is 10.8. The molecule has 6 nitrogen and oxygen atoms in total. The fourth-order valence-electron chi connectivity index (χ4n) is 2.10. The van der Waals surface area contributed by atoms with Crippen molar-refractivity contribution in [2.24, 2.45) is 5.73 Å². The molecule has 3 rings (SSSR count). The Bertz CT molecular complexity index is 533. The molecule has 1 atom stereocenters. The fourth-order valence-corrected chi connectivity index (χ4v) is 2.89. The Labute approximate surface area is 115 Å². The van der Waals surface area contributed by atoms with Gasteiger partial charge in [0.05, 0.1) is 11.1 Å². The molecule has 0 spiro atoms. The van der Waals surface area contributed by atoms with Crippen molar-refractivity contribution in [3.8, 4) is 11.6 Å². The number of hydrogen-bond acceptors (Lipinski definition) is 7. The molecule has 102 valence electrons. The Kier molecular flexibility index (Phi) is 3.86. The van der Waals surface area contributed by atoms with Gasteiger partial charge in [0.15, 0.2) is 5.82 Å². The molecule has 1 aliphatic heterocycles. The van der Waals surface area contributed by atoms with Crippen molar-refractivity contribution in [1.29, 1.82) is 0 Å². The zero-order valence-electron chi connectivity index (χ0n) is 10.5. The lowest BCUT2D eigenvalue weighted by molar-refractivity contribution is 0.109. The second kappa shape index (κ2) is 5.77. The van der Waals surface area contributed by atoms with E-state index in [1.165, 1.54) is 0 Å². The zero-order chi connectivity index (χ0) is 13.1. The Morgan fingerprint density at radius 2 is 2.37 bits per heavy atom. The zero-order valence-corrected chi connectivity index (χ0v) is 11.4. The molecule has 3 heterocycles. The smallest absolute Gasteiger partial charge is 0.277 e. The van der Waals surface area contributed by atoms with Crippen molar-refractivity contribution in [3.05, 3.63) is 16.2 Å². The van der Waals surface area contributed by atoms with Crippen LogP contribution in [-0.2, 0) is 17.6 Å². The fraction of sp³-hybridized carbons (Fsp3) is 0.583. The summed E-state index contributed by atoms with van der Waals surface area (Å²) >= 11 is 1.57. The van der Waals surface area contributed by atoms with E-state index in [0.29, 0.717) is 24.7 Å². The highest BCUT2D eigenvalue weighted by atomic mass is 32.1. The van der Waals surface area contributed by atoms with Crippen LogP contribution < -0.4 is 5.73 Å². The van der Waals surface area contributed by atoms with Gasteiger partial charge in [0.25, 0.3) is 5.89 Å². The number of aromatic nitrogens is 3. The molecule has 0 bridgehead atoms. The minimum absolute atomic E-state index is 0.230. The summed E-state index contributed by atoms with van der Waals surface area (Å²) in [6.07, 6.45) is 3.91. The summed E-state index contributed by atoms with van der Waals surface area (Å²) in [6, 6.07) is 0. The van der Waals surface area contributed by atoms with Gasteiger partial charge < -0.3 is 15.0 Å². The van der Waals surface area contributed by atoms with Crippen LogP contribution in [0.1, 0.15) is 23.7 Å². The summed E-state index contributed by atoms with van der Waals surface area (Å²) in [5.41, 5.74) is 6.24. The summed E-state index contributed by atoms with van der Waals surface area (Å²) in [7, 11) is 0. The third kappa shape index (κ3) is 2.99. The predicted molar refractivity (Wildman–Crippen MR) is 70.8 cm³/mol. The highest BCUT2D eigenvalue weighted by Crippen LogP contribution is 2.22. The van der Waals surface area contributed by atoms with Crippen molar-refractivity contribution in [1.82, 2.24) is 15.1 Å². The van der Waals surface area contributed by atoms with E-state index in [1.54, 1.807) is 11.3 Å². The van der Waals surface area contributed by atoms with E-state index in [2.05, 4.69) is 15.1 Å². The molecule has 1 fully saturated rings. The number of nitrogens with two attached hydrogens (primary N) is 1. The van der Waals surface area contributed by atoms with Crippen molar-refractivity contribution >= 4 is 11.3 Å². The standard InChI is InChI=1S/C12H16N4O2S/c13-4-3-11-14-9(7-19-11)12-15-10(16-18-12)6-8-2-1-5-17-8/h7-8H,1-6,13H2. The molecule has 0 saturated carbocycles. The quantitative estimate of drug-likeness (QED) is 0.891. The number of thiazole rings is 1. The van der Waals surface area contributed by atoms with Gasteiger partial charge >= 0.3 is 0 Å². The van der Waals surface area contributed by atoms with Crippen LogP contribution in [0.2, 0.25) is 0 Å². The topological polar surface area (TPSA) is 87.1 Å². The Morgan fingerprint density at radius 3 is 3.16 bits per heavy atom. The number of ether oxygens (including phenoxy) is 1. The first-order valence-corrected chi connectivity index (χ1v) is 7.32. The van der Waals surface area contributed by atoms with Gasteiger partial charge in [-0.1, -0.05) is 5.16 Å². The molecule has 1 unspecified atom stereocenters. The number of hydrogen-bond donors (Lipinski definition) is 1. The first-order valence-electron chi connectivity index (χ1n) is 6.44. The van der Waals surface area contributed by atoms with E-state index in [-0.39, 0.29) is 6.10 Å². The SMILES string of the molecule is NCCc1nc(-c2nc(CC3CCCO3)no2)cs1. The van der Waals surface area contributed by atoms with Crippen molar-refractivity contribution < 1.29 is 9.26 Å². The summed E-state index contributed by atoms with van der Waals surface area (Å²) in [4.78, 5) is 8.80. The first kappa shape index (κ1) is 12.7. The van der Waals surface area contributed by atoms with E-state index in [4.69, 9.17) is 15.0 Å². The molecule has 2 N–H and O–H groups in total. The molecular formula is C12H16N4O2S. The largest absolute Gasteiger partial charge is 0.378 e. The molecule has 0 radical (unpaired) electrons. The maximum Gasteiger partial charge on any atom is 0.277 e. The monoisotopic (exact) mass is 280 g/mol. The molecular weight excluding hydrogens is 264 g/mol. The second-order valence-corrected chi connectivity index (χ2v) is 5.46. The van der Waals surface area contributed by atoms with E-state index in [1.807, 2.05) is 5.38 Å². The molecule has 0 aromatic carbocycles. The average Bonchev–Trinajstić information content (AvgIpc) is 3.10. The lowest BCUT2D eigenvalue weighted by atomic mass is 10.2. The average molecular weight is 280 g/mol. The van der Waals surface area contributed by atoms with E-state index in [9.17, 15) is 0 Å². The minimum Gasteiger partial charge on any atom is -0.378 e. The summed E-state index contributed by atoms with van der Waals surface area (Å²) in [5.74, 6) is 1.17. The molecule has 0 aliphatic carbocycles. The van der Waals surface area contributed by atoms with Crippen LogP contribution >= 0.6 is 11.3 Å². The van der Waals surface area contributed by atoms with Crippen LogP contribution in [0.5, 0.6) is 0 Å². The lowest BCUT2D eigenvalue weighted by Crippen LogP contribution is -2.09. The van der Waals surface area contributed by atoms with Crippen LogP contribution in [-0.4, -0.2) is 34.4 Å². The van der Waals surface area contributed by atoms with Gasteiger partial charge in [0.2, 0.25) is 0 Å². The lowest BCUT2D eigenvalue weighted by Gasteiger charge is -2.03. The highest BCUT2D eigenvalue weighted by molar-refractivity contribution is 7.09. The van der Waals surface area contributed by atoms with Crippen molar-refractivity contribution in [2.75, 3.05) is 13.2 Å². The molecule has 2 aromatic heterocycles. The highest BCUT2D eigenvalue weighted by Gasteiger charge is 2.20. The van der Waals surface area contributed by atoms with Gasteiger partial charge in [-0.05, 0) is 19.4 Å². The Balaban J connectivity index is 1.68. The van der Waals surface area contributed by atoms with Gasteiger partial charge in [-0.3, -0.25) is 0 Å².